The molecule has 0 radical (unpaired) electrons. The molecule has 6 heteroatoms. The van der Waals surface area contributed by atoms with Gasteiger partial charge in [-0.1, -0.05) is 24.3 Å². The highest BCUT2D eigenvalue weighted by atomic mass is 32.2. The Labute approximate surface area is 133 Å². The molecule has 0 amide bonds. The van der Waals surface area contributed by atoms with Gasteiger partial charge in [-0.25, -0.2) is 8.42 Å². The van der Waals surface area contributed by atoms with Crippen LogP contribution in [0.5, 0.6) is 0 Å². The van der Waals surface area contributed by atoms with Crippen LogP contribution in [0.1, 0.15) is 24.8 Å². The molecule has 0 aliphatic carbocycles. The summed E-state index contributed by atoms with van der Waals surface area (Å²) >= 11 is 0. The van der Waals surface area contributed by atoms with E-state index in [1.807, 2.05) is 6.92 Å². The molecule has 0 saturated carbocycles. The third-order valence-electron chi connectivity index (χ3n) is 3.71. The van der Waals surface area contributed by atoms with Gasteiger partial charge in [0.15, 0.2) is 0 Å². The van der Waals surface area contributed by atoms with E-state index in [0.29, 0.717) is 0 Å². The molecule has 0 bridgehead atoms. The van der Waals surface area contributed by atoms with Crippen LogP contribution in [0.25, 0.3) is 0 Å². The third-order valence-corrected chi connectivity index (χ3v) is 4.56. The van der Waals surface area contributed by atoms with Gasteiger partial charge in [-0.05, 0) is 38.3 Å². The van der Waals surface area contributed by atoms with Crippen molar-refractivity contribution < 1.29 is 22.2 Å². The van der Waals surface area contributed by atoms with Gasteiger partial charge in [0.05, 0.1) is 31.3 Å². The lowest BCUT2D eigenvalue weighted by molar-refractivity contribution is -0.930. The van der Waals surface area contributed by atoms with Gasteiger partial charge >= 0.3 is 0 Å². The highest BCUT2D eigenvalue weighted by molar-refractivity contribution is 7.85. The highest BCUT2D eigenvalue weighted by Crippen LogP contribution is 2.15. The molecule has 0 N–H and O–H groups in total. The maximum Gasteiger partial charge on any atom is 0.222 e. The summed E-state index contributed by atoms with van der Waals surface area (Å²) in [5.41, 5.74) is 0.928. The van der Waals surface area contributed by atoms with E-state index in [1.165, 1.54) is 50.7 Å². The van der Waals surface area contributed by atoms with Crippen molar-refractivity contribution in [1.82, 2.24) is 0 Å². The Bertz CT molecular complexity index is 560. The number of quaternary nitrogens is 1. The molecule has 1 aliphatic heterocycles. The summed E-state index contributed by atoms with van der Waals surface area (Å²) in [7, 11) is -2.02. The predicted octanol–water partition coefficient (Wildman–Crippen LogP) is 2.63. The first-order valence-corrected chi connectivity index (χ1v) is 8.76. The first-order chi connectivity index (χ1) is 10.3. The standard InChI is InChI=1S/C9H18NO.C7H8O3S/c1-3-11-9-10(2)7-5-4-6-8-10;1-6-2-4-7(5-3-6)11(8,9)10/h3H,1,4-9H2,2H3;2-5H,1H3,(H,8,9,10)/q+1;/p-1. The van der Waals surface area contributed by atoms with E-state index < -0.39 is 10.1 Å². The molecular formula is C16H25NO4S. The Kier molecular flexibility index (Phi) is 7.06. The minimum Gasteiger partial charge on any atom is -0.744 e. The van der Waals surface area contributed by atoms with Crippen molar-refractivity contribution in [2.45, 2.75) is 31.1 Å². The molecule has 0 atom stereocenters. The van der Waals surface area contributed by atoms with E-state index in [-0.39, 0.29) is 4.90 Å². The maximum atomic E-state index is 10.4. The third kappa shape index (κ3) is 6.60. The number of nitrogens with zero attached hydrogens (tertiary/aromatic N) is 1. The van der Waals surface area contributed by atoms with Crippen LogP contribution in [0.2, 0.25) is 0 Å². The Balaban J connectivity index is 0.000000220. The first kappa shape index (κ1) is 18.7. The molecule has 1 heterocycles. The molecule has 1 aromatic carbocycles. The largest absolute Gasteiger partial charge is 0.744 e. The summed E-state index contributed by atoms with van der Waals surface area (Å²) in [5, 5.41) is 0. The summed E-state index contributed by atoms with van der Waals surface area (Å²) in [6.07, 6.45) is 5.62. The Morgan fingerprint density at radius 3 is 2.23 bits per heavy atom. The quantitative estimate of drug-likeness (QED) is 0.484. The molecule has 1 saturated heterocycles. The summed E-state index contributed by atoms with van der Waals surface area (Å²) in [5.74, 6) is 0. The molecule has 124 valence electrons. The molecule has 0 aromatic heterocycles. The van der Waals surface area contributed by atoms with Gasteiger partial charge in [0.2, 0.25) is 6.73 Å². The van der Waals surface area contributed by atoms with Crippen molar-refractivity contribution >= 4 is 10.1 Å². The molecular weight excluding hydrogens is 302 g/mol. The summed E-state index contributed by atoms with van der Waals surface area (Å²) < 4.78 is 37.4. The van der Waals surface area contributed by atoms with E-state index in [9.17, 15) is 13.0 Å². The average molecular weight is 327 g/mol. The number of rotatable bonds is 4. The Morgan fingerprint density at radius 1 is 1.23 bits per heavy atom. The predicted molar refractivity (Wildman–Crippen MR) is 85.1 cm³/mol. The number of piperidine rings is 1. The second-order valence-corrected chi connectivity index (χ2v) is 7.24. The minimum atomic E-state index is -4.27. The van der Waals surface area contributed by atoms with E-state index >= 15 is 0 Å². The molecule has 2 rings (SSSR count). The second-order valence-electron chi connectivity index (χ2n) is 5.86. The molecule has 0 unspecified atom stereocenters. The van der Waals surface area contributed by atoms with E-state index in [1.54, 1.807) is 12.1 Å². The molecule has 5 nitrogen and oxygen atoms in total. The topological polar surface area (TPSA) is 66.4 Å². The average Bonchev–Trinajstić information content (AvgIpc) is 2.46. The van der Waals surface area contributed by atoms with Crippen molar-refractivity contribution in [2.75, 3.05) is 26.9 Å². The van der Waals surface area contributed by atoms with Crippen LogP contribution in [0.3, 0.4) is 0 Å². The number of likely N-dealkylation sites (tertiary alicyclic amines) is 1. The molecule has 1 aromatic rings. The fraction of sp³-hybridized carbons (Fsp3) is 0.500. The van der Waals surface area contributed by atoms with Crippen LogP contribution in [0, 0.1) is 6.92 Å². The van der Waals surface area contributed by atoms with Crippen LogP contribution in [0.4, 0.5) is 0 Å². The fourth-order valence-electron chi connectivity index (χ4n) is 2.34. The Morgan fingerprint density at radius 2 is 1.77 bits per heavy atom. The van der Waals surface area contributed by atoms with Crippen LogP contribution in [-0.4, -0.2) is 44.3 Å². The summed E-state index contributed by atoms with van der Waals surface area (Å²) in [4.78, 5) is -0.178. The Hall–Kier alpha value is -1.37. The zero-order chi connectivity index (χ0) is 16.6. The monoisotopic (exact) mass is 327 g/mol. The van der Waals surface area contributed by atoms with Gasteiger partial charge in [0.25, 0.3) is 0 Å². The fourth-order valence-corrected chi connectivity index (χ4v) is 2.81. The lowest BCUT2D eigenvalue weighted by Gasteiger charge is -2.36. The van der Waals surface area contributed by atoms with Crippen LogP contribution < -0.4 is 0 Å². The number of hydrogen-bond donors (Lipinski definition) is 0. The van der Waals surface area contributed by atoms with Crippen molar-refractivity contribution in [3.8, 4) is 0 Å². The SMILES string of the molecule is C=COC[N+]1(C)CCCCC1.Cc1ccc(S(=O)(=O)[O-])cc1. The van der Waals surface area contributed by atoms with Crippen LogP contribution >= 0.6 is 0 Å². The molecule has 22 heavy (non-hydrogen) atoms. The number of aryl methyl sites for hydroxylation is 1. The zero-order valence-electron chi connectivity index (χ0n) is 13.3. The second kappa shape index (κ2) is 8.31. The van der Waals surface area contributed by atoms with Crippen LogP contribution in [-0.2, 0) is 14.9 Å². The number of ether oxygens (including phenoxy) is 1. The van der Waals surface area contributed by atoms with Crippen molar-refractivity contribution in [1.29, 1.82) is 0 Å². The van der Waals surface area contributed by atoms with Crippen molar-refractivity contribution in [3.63, 3.8) is 0 Å². The van der Waals surface area contributed by atoms with Gasteiger partial charge in [0, 0.05) is 0 Å². The maximum absolute atomic E-state index is 10.4. The van der Waals surface area contributed by atoms with Gasteiger partial charge in [0.1, 0.15) is 10.1 Å². The lowest BCUT2D eigenvalue weighted by atomic mass is 10.1. The normalized spacial score (nSPS) is 17.0. The van der Waals surface area contributed by atoms with Gasteiger partial charge < -0.3 is 9.29 Å². The first-order valence-electron chi connectivity index (χ1n) is 7.35. The zero-order valence-corrected chi connectivity index (χ0v) is 14.1. The van der Waals surface area contributed by atoms with Gasteiger partial charge in [-0.15, -0.1) is 0 Å². The number of benzene rings is 1. The molecule has 0 spiro atoms. The summed E-state index contributed by atoms with van der Waals surface area (Å²) in [6.45, 7) is 8.68. The van der Waals surface area contributed by atoms with Crippen LogP contribution in [0.15, 0.2) is 42.0 Å². The molecule has 1 fully saturated rings. The number of hydrogen-bond acceptors (Lipinski definition) is 4. The van der Waals surface area contributed by atoms with Gasteiger partial charge in [-0.2, -0.15) is 0 Å². The van der Waals surface area contributed by atoms with Crippen molar-refractivity contribution in [3.05, 3.63) is 42.7 Å². The summed E-state index contributed by atoms with van der Waals surface area (Å²) in [6, 6.07) is 5.78. The molecule has 1 aliphatic rings. The lowest BCUT2D eigenvalue weighted by Crippen LogP contribution is -2.48. The van der Waals surface area contributed by atoms with Crippen molar-refractivity contribution in [2.24, 2.45) is 0 Å². The van der Waals surface area contributed by atoms with Gasteiger partial charge in [-0.3, -0.25) is 4.48 Å². The van der Waals surface area contributed by atoms with E-state index in [0.717, 1.165) is 16.8 Å². The highest BCUT2D eigenvalue weighted by Gasteiger charge is 2.24. The minimum absolute atomic E-state index is 0.178. The smallest absolute Gasteiger partial charge is 0.222 e. The van der Waals surface area contributed by atoms with E-state index in [4.69, 9.17) is 4.74 Å². The van der Waals surface area contributed by atoms with E-state index in [2.05, 4.69) is 13.6 Å².